The van der Waals surface area contributed by atoms with Crippen molar-refractivity contribution in [2.45, 2.75) is 148 Å². The number of hydrogen-bond acceptors (Lipinski definition) is 10. The Kier molecular flexibility index (Phi) is 21.9. The number of carbonyl (C=O) groups is 5. The van der Waals surface area contributed by atoms with Crippen molar-refractivity contribution < 1.29 is 33.4 Å². The first-order valence-corrected chi connectivity index (χ1v) is 18.7. The second-order valence-electron chi connectivity index (χ2n) is 15.3. The van der Waals surface area contributed by atoms with Crippen LogP contribution in [0, 0.1) is 11.3 Å². The molecular weight excluding hydrogens is 646 g/mol. The van der Waals surface area contributed by atoms with Crippen molar-refractivity contribution in [1.29, 1.82) is 5.41 Å². The van der Waals surface area contributed by atoms with Gasteiger partial charge in [0.25, 0.3) is 0 Å². The van der Waals surface area contributed by atoms with Crippen LogP contribution in [0.25, 0.3) is 0 Å². The van der Waals surface area contributed by atoms with E-state index < -0.39 is 35.3 Å². The standard InChI is InChI=1S/C36H67N5O7S/c1-12-36(9,47-22-20-35(7,8)49-25-26(2)3)19-18-30(43)38-21-14-13-15-28(39-31(44)24-41(10)11)32(45)40-29(17-16-27(42)23-37)33(46)48-34(4,5)6/h23,26,28-29,37H,12-22,24-25H2,1-11H3,(H,38,43)(H,39,44)(H,40,45)/t28?,29-,36?/m0/s1. The molecule has 49 heavy (non-hydrogen) atoms. The van der Waals surface area contributed by atoms with Crippen LogP contribution in [0.3, 0.4) is 0 Å². The summed E-state index contributed by atoms with van der Waals surface area (Å²) in [7, 11) is 3.47. The first-order valence-electron chi connectivity index (χ1n) is 17.7. The molecule has 0 saturated carbocycles. The summed E-state index contributed by atoms with van der Waals surface area (Å²) in [5, 5.41) is 15.5. The molecule has 0 heterocycles. The molecule has 0 radical (unpaired) electrons. The summed E-state index contributed by atoms with van der Waals surface area (Å²) in [4.78, 5) is 64.9. The second kappa shape index (κ2) is 23.1. The minimum Gasteiger partial charge on any atom is -0.458 e. The lowest BCUT2D eigenvalue weighted by atomic mass is 9.96. The van der Waals surface area contributed by atoms with Gasteiger partial charge in [-0.05, 0) is 98.4 Å². The maximum Gasteiger partial charge on any atom is 0.329 e. The molecule has 12 nitrogen and oxygen atoms in total. The number of rotatable bonds is 26. The number of ether oxygens (including phenoxy) is 2. The number of nitrogens with one attached hydrogen (secondary N) is 4. The fraction of sp³-hybridized carbons (Fsp3) is 0.833. The number of hydrogen-bond donors (Lipinski definition) is 4. The zero-order valence-electron chi connectivity index (χ0n) is 32.2. The van der Waals surface area contributed by atoms with Gasteiger partial charge < -0.3 is 35.7 Å². The SMILES string of the molecule is CCC(C)(CCC(=O)NCCCCC(NC(=O)CN(C)C)C(=O)N[C@@H](CCC(=O)C=N)C(=O)OC(C)(C)C)OCCC(C)(C)SCC(C)C. The van der Waals surface area contributed by atoms with Crippen LogP contribution >= 0.6 is 11.8 Å². The number of carbonyl (C=O) groups excluding carboxylic acids is 5. The molecule has 0 bridgehead atoms. The molecule has 0 aliphatic heterocycles. The predicted molar refractivity (Wildman–Crippen MR) is 198 cm³/mol. The van der Waals surface area contributed by atoms with Crippen molar-refractivity contribution in [3.05, 3.63) is 0 Å². The number of nitrogens with zero attached hydrogens (tertiary/aromatic N) is 1. The minimum absolute atomic E-state index is 0.0449. The Balaban J connectivity index is 5.11. The third-order valence-corrected chi connectivity index (χ3v) is 9.61. The predicted octanol–water partition coefficient (Wildman–Crippen LogP) is 4.67. The molecule has 0 saturated heterocycles. The lowest BCUT2D eigenvalue weighted by Crippen LogP contribution is -2.53. The smallest absolute Gasteiger partial charge is 0.329 e. The molecule has 4 N–H and O–H groups in total. The van der Waals surface area contributed by atoms with Gasteiger partial charge in [-0.15, -0.1) is 0 Å². The number of ketones is 1. The summed E-state index contributed by atoms with van der Waals surface area (Å²) in [6, 6.07) is -2.07. The van der Waals surface area contributed by atoms with Gasteiger partial charge in [0.1, 0.15) is 17.7 Å². The van der Waals surface area contributed by atoms with Crippen LogP contribution in [-0.4, -0.2) is 108 Å². The molecule has 0 aromatic carbocycles. The third-order valence-electron chi connectivity index (χ3n) is 7.79. The molecule has 0 aromatic rings. The Morgan fingerprint density at radius 3 is 2.08 bits per heavy atom. The van der Waals surface area contributed by atoms with Crippen molar-refractivity contribution in [3.8, 4) is 0 Å². The van der Waals surface area contributed by atoms with Crippen LogP contribution < -0.4 is 16.0 Å². The molecule has 3 atom stereocenters. The molecule has 284 valence electrons. The fourth-order valence-corrected chi connectivity index (χ4v) is 5.59. The Morgan fingerprint density at radius 2 is 1.53 bits per heavy atom. The van der Waals surface area contributed by atoms with Crippen LogP contribution in [-0.2, 0) is 33.4 Å². The van der Waals surface area contributed by atoms with E-state index in [1.807, 2.05) is 11.8 Å². The molecule has 0 aromatic heterocycles. The van der Waals surface area contributed by atoms with Crippen LogP contribution in [0.4, 0.5) is 0 Å². The van der Waals surface area contributed by atoms with Gasteiger partial charge in [0.2, 0.25) is 17.7 Å². The Morgan fingerprint density at radius 1 is 0.878 bits per heavy atom. The van der Waals surface area contributed by atoms with Gasteiger partial charge in [-0.25, -0.2) is 4.79 Å². The Hall–Kier alpha value is -2.51. The third kappa shape index (κ3) is 23.5. The van der Waals surface area contributed by atoms with Crippen molar-refractivity contribution in [2.75, 3.05) is 39.5 Å². The molecule has 0 fully saturated rings. The van der Waals surface area contributed by atoms with Crippen molar-refractivity contribution in [1.82, 2.24) is 20.9 Å². The number of unbranched alkanes of at least 4 members (excludes halogenated alkanes) is 1. The first kappa shape index (κ1) is 46.5. The van der Waals surface area contributed by atoms with Crippen molar-refractivity contribution >= 4 is 47.5 Å². The van der Waals surface area contributed by atoms with Crippen LogP contribution in [0.15, 0.2) is 0 Å². The van der Waals surface area contributed by atoms with Gasteiger partial charge in [-0.1, -0.05) is 34.6 Å². The van der Waals surface area contributed by atoms with Crippen LogP contribution in [0.2, 0.25) is 0 Å². The number of amides is 3. The maximum atomic E-state index is 13.4. The van der Waals surface area contributed by atoms with E-state index in [9.17, 15) is 24.0 Å². The van der Waals surface area contributed by atoms with Crippen LogP contribution in [0.1, 0.15) is 120 Å². The summed E-state index contributed by atoms with van der Waals surface area (Å²) in [5.41, 5.74) is -1.20. The Bertz CT molecular complexity index is 1060. The summed E-state index contributed by atoms with van der Waals surface area (Å²) in [5.74, 6) is -0.421. The molecule has 0 aliphatic rings. The van der Waals surface area contributed by atoms with E-state index in [1.54, 1.807) is 39.8 Å². The van der Waals surface area contributed by atoms with Gasteiger partial charge >= 0.3 is 5.97 Å². The average molecular weight is 714 g/mol. The van der Waals surface area contributed by atoms with Gasteiger partial charge in [0.05, 0.1) is 18.4 Å². The van der Waals surface area contributed by atoms with E-state index in [0.717, 1.165) is 18.6 Å². The van der Waals surface area contributed by atoms with E-state index in [1.165, 1.54) is 0 Å². The molecule has 2 unspecified atom stereocenters. The molecule has 3 amide bonds. The maximum absolute atomic E-state index is 13.4. The average Bonchev–Trinajstić information content (AvgIpc) is 2.98. The van der Waals surface area contributed by atoms with Gasteiger partial charge in [-0.2, -0.15) is 11.8 Å². The van der Waals surface area contributed by atoms with Gasteiger partial charge in [-0.3, -0.25) is 19.2 Å². The fourth-order valence-electron chi connectivity index (χ4n) is 4.58. The Labute approximate surface area is 300 Å². The largest absolute Gasteiger partial charge is 0.458 e. The van der Waals surface area contributed by atoms with Gasteiger partial charge in [0, 0.05) is 30.7 Å². The summed E-state index contributed by atoms with van der Waals surface area (Å²) >= 11 is 1.97. The quantitative estimate of drug-likeness (QED) is 0.0566. The number of thioether (sulfide) groups is 1. The molecular formula is C36H67N5O7S. The van der Waals surface area contributed by atoms with Gasteiger partial charge in [0.15, 0.2) is 5.78 Å². The highest BCUT2D eigenvalue weighted by Crippen LogP contribution is 2.31. The highest BCUT2D eigenvalue weighted by Gasteiger charge is 2.31. The van der Waals surface area contributed by atoms with Crippen LogP contribution in [0.5, 0.6) is 0 Å². The number of likely N-dealkylation sites (N-methyl/N-ethyl adjacent to an activating group) is 1. The number of esters is 1. The molecule has 0 aliphatic carbocycles. The summed E-state index contributed by atoms with van der Waals surface area (Å²) in [6.07, 6.45) is 4.56. The normalized spacial score (nSPS) is 14.5. The van der Waals surface area contributed by atoms with E-state index in [2.05, 4.69) is 57.5 Å². The van der Waals surface area contributed by atoms with Crippen molar-refractivity contribution in [2.24, 2.45) is 5.92 Å². The zero-order chi connectivity index (χ0) is 37.8. The zero-order valence-corrected chi connectivity index (χ0v) is 33.0. The minimum atomic E-state index is -1.13. The van der Waals surface area contributed by atoms with E-state index in [0.29, 0.717) is 51.0 Å². The lowest BCUT2D eigenvalue weighted by Gasteiger charge is -2.31. The summed E-state index contributed by atoms with van der Waals surface area (Å²) in [6.45, 7) is 19.3. The highest BCUT2D eigenvalue weighted by atomic mass is 32.2. The summed E-state index contributed by atoms with van der Waals surface area (Å²) < 4.78 is 11.9. The second-order valence-corrected chi connectivity index (χ2v) is 17.0. The topological polar surface area (TPSA) is 167 Å². The van der Waals surface area contributed by atoms with Crippen molar-refractivity contribution in [3.63, 3.8) is 0 Å². The lowest BCUT2D eigenvalue weighted by molar-refractivity contribution is -0.159. The molecule has 0 spiro atoms. The van der Waals surface area contributed by atoms with E-state index in [4.69, 9.17) is 14.9 Å². The van der Waals surface area contributed by atoms with E-state index in [-0.39, 0.29) is 48.0 Å². The number of Topliss-reactive ketones (excluding diaryl/α,β-unsaturated/α-hetero) is 1. The highest BCUT2D eigenvalue weighted by molar-refractivity contribution is 8.00. The monoisotopic (exact) mass is 713 g/mol. The first-order chi connectivity index (χ1) is 22.6. The molecule has 0 rings (SSSR count). The molecule has 13 heteroatoms. The van der Waals surface area contributed by atoms with E-state index >= 15 is 0 Å².